The summed E-state index contributed by atoms with van der Waals surface area (Å²) in [6.07, 6.45) is 0.364. The molecule has 5 nitrogen and oxygen atoms in total. The lowest BCUT2D eigenvalue weighted by Crippen LogP contribution is -2.39. The van der Waals surface area contributed by atoms with E-state index in [1.165, 1.54) is 7.11 Å². The summed E-state index contributed by atoms with van der Waals surface area (Å²) in [5, 5.41) is 5.14. The molecule has 3 rings (SSSR count). The van der Waals surface area contributed by atoms with Gasteiger partial charge in [0, 0.05) is 25.6 Å². The summed E-state index contributed by atoms with van der Waals surface area (Å²) < 4.78 is 5.01. The molecule has 1 heterocycles. The fourth-order valence-electron chi connectivity index (χ4n) is 2.89. The van der Waals surface area contributed by atoms with Crippen LogP contribution in [0.5, 0.6) is 0 Å². The molecule has 1 aliphatic rings. The fraction of sp³-hybridized carbons (Fsp3) is 0.300. The molecule has 2 aromatic carbocycles. The highest BCUT2D eigenvalue weighted by Crippen LogP contribution is 2.26. The molecule has 142 valence electrons. The van der Waals surface area contributed by atoms with Crippen LogP contribution in [0.1, 0.15) is 17.5 Å². The Labute approximate surface area is 168 Å². The predicted molar refractivity (Wildman–Crippen MR) is 106 cm³/mol. The van der Waals surface area contributed by atoms with E-state index in [9.17, 15) is 4.79 Å². The van der Waals surface area contributed by atoms with Crippen molar-refractivity contribution in [1.82, 2.24) is 4.90 Å². The zero-order valence-electron chi connectivity index (χ0n) is 14.9. The lowest BCUT2D eigenvalue weighted by molar-refractivity contribution is -0.137. The van der Waals surface area contributed by atoms with Crippen molar-refractivity contribution in [2.75, 3.05) is 20.3 Å². The quantitative estimate of drug-likeness (QED) is 0.693. The lowest BCUT2D eigenvalue weighted by Gasteiger charge is -2.24. The molecule has 1 amide bonds. The number of hydrogen-bond acceptors (Lipinski definition) is 4. The number of carbonyl (C=O) groups is 1. The first kappa shape index (κ1) is 19.7. The van der Waals surface area contributed by atoms with Crippen LogP contribution in [0.2, 0.25) is 10.0 Å². The number of ether oxygens (including phenoxy) is 1. The molecule has 0 saturated heterocycles. The van der Waals surface area contributed by atoms with Crippen LogP contribution in [0.4, 0.5) is 0 Å². The van der Waals surface area contributed by atoms with Crippen LogP contribution < -0.4 is 0 Å². The molecular weight excluding hydrogens is 387 g/mol. The first-order chi connectivity index (χ1) is 13.1. The van der Waals surface area contributed by atoms with E-state index < -0.39 is 0 Å². The largest absolute Gasteiger partial charge is 0.390 e. The van der Waals surface area contributed by atoms with Gasteiger partial charge in [0.25, 0.3) is 0 Å². The summed E-state index contributed by atoms with van der Waals surface area (Å²) >= 11 is 12.1. The topological polar surface area (TPSA) is 51.1 Å². The number of methoxy groups -OCH3 is 1. The maximum absolute atomic E-state index is 12.4. The van der Waals surface area contributed by atoms with Gasteiger partial charge < -0.3 is 14.5 Å². The molecule has 0 radical (unpaired) electrons. The minimum Gasteiger partial charge on any atom is -0.390 e. The molecule has 7 heteroatoms. The first-order valence-electron chi connectivity index (χ1n) is 8.55. The normalized spacial score (nSPS) is 16.0. The number of oxime groups is 1. The molecule has 0 fully saturated rings. The summed E-state index contributed by atoms with van der Waals surface area (Å²) in [5.74, 6) is -0.0899. The van der Waals surface area contributed by atoms with Crippen LogP contribution in [0.15, 0.2) is 53.7 Å². The fourth-order valence-corrected chi connectivity index (χ4v) is 3.19. The average Bonchev–Trinajstić information content (AvgIpc) is 3.13. The number of halogens is 2. The summed E-state index contributed by atoms with van der Waals surface area (Å²) in [6, 6.07) is 15.2. The van der Waals surface area contributed by atoms with Crippen molar-refractivity contribution in [2.24, 2.45) is 5.16 Å². The monoisotopic (exact) mass is 406 g/mol. The van der Waals surface area contributed by atoms with Crippen LogP contribution >= 0.6 is 23.2 Å². The third-order valence-electron chi connectivity index (χ3n) is 4.25. The second-order valence-electron chi connectivity index (χ2n) is 6.29. The van der Waals surface area contributed by atoms with Crippen LogP contribution in [0.3, 0.4) is 0 Å². The highest BCUT2D eigenvalue weighted by Gasteiger charge is 2.27. The Bertz CT molecular complexity index is 827. The third kappa shape index (κ3) is 5.22. The second kappa shape index (κ2) is 9.22. The molecule has 0 N–H and O–H groups in total. The Hall–Kier alpha value is -2.08. The van der Waals surface area contributed by atoms with Gasteiger partial charge in [0.2, 0.25) is 5.91 Å². The highest BCUT2D eigenvalue weighted by atomic mass is 35.5. The zero-order valence-corrected chi connectivity index (χ0v) is 16.4. The van der Waals surface area contributed by atoms with E-state index in [4.69, 9.17) is 32.8 Å². The Morgan fingerprint density at radius 1 is 1.22 bits per heavy atom. The molecule has 0 bridgehead atoms. The molecule has 0 aliphatic carbocycles. The molecule has 0 aromatic heterocycles. The highest BCUT2D eigenvalue weighted by molar-refractivity contribution is 6.42. The summed E-state index contributed by atoms with van der Waals surface area (Å²) in [5.41, 5.74) is 2.70. The van der Waals surface area contributed by atoms with E-state index in [1.54, 1.807) is 17.0 Å². The number of benzene rings is 2. The lowest BCUT2D eigenvalue weighted by atomic mass is 10.0. The molecule has 2 aromatic rings. The van der Waals surface area contributed by atoms with Crippen molar-refractivity contribution >= 4 is 34.8 Å². The van der Waals surface area contributed by atoms with Gasteiger partial charge in [-0.2, -0.15) is 0 Å². The number of rotatable bonds is 7. The molecule has 27 heavy (non-hydrogen) atoms. The van der Waals surface area contributed by atoms with E-state index in [-0.39, 0.29) is 18.6 Å². The maximum atomic E-state index is 12.4. The summed E-state index contributed by atoms with van der Waals surface area (Å²) in [6.45, 7) is 0.941. The number of nitrogens with zero attached hydrogens (tertiary/aromatic N) is 2. The average molecular weight is 407 g/mol. The van der Waals surface area contributed by atoms with Crippen LogP contribution in [-0.2, 0) is 20.9 Å². The second-order valence-corrected chi connectivity index (χ2v) is 7.11. The maximum Gasteiger partial charge on any atom is 0.248 e. The van der Waals surface area contributed by atoms with Gasteiger partial charge in [0.1, 0.15) is 6.61 Å². The van der Waals surface area contributed by atoms with E-state index >= 15 is 0 Å². The molecule has 0 spiro atoms. The molecule has 1 atom stereocenters. The molecule has 1 unspecified atom stereocenters. The minimum absolute atomic E-state index is 0.0278. The van der Waals surface area contributed by atoms with E-state index in [2.05, 4.69) is 5.16 Å². The Kier molecular flexibility index (Phi) is 6.72. The smallest absolute Gasteiger partial charge is 0.248 e. The zero-order chi connectivity index (χ0) is 19.2. The molecule has 1 aliphatic heterocycles. The minimum atomic E-state index is -0.223. The standard InChI is InChI=1S/C20H20Cl2N2O3/c1-26-13-20(25)24(11-14-5-3-2-4-6-14)12-16-10-19(23-27-16)15-7-8-17(21)18(22)9-15/h2-9,16H,10-13H2,1H3. The van der Waals surface area contributed by atoms with Gasteiger partial charge in [0.15, 0.2) is 6.10 Å². The summed E-state index contributed by atoms with van der Waals surface area (Å²) in [7, 11) is 1.51. The van der Waals surface area contributed by atoms with Crippen LogP contribution in [0, 0.1) is 0 Å². The summed E-state index contributed by atoms with van der Waals surface area (Å²) in [4.78, 5) is 19.7. The van der Waals surface area contributed by atoms with Crippen molar-refractivity contribution in [2.45, 2.75) is 19.1 Å². The van der Waals surface area contributed by atoms with Gasteiger partial charge in [0.05, 0.1) is 22.3 Å². The van der Waals surface area contributed by atoms with Crippen molar-refractivity contribution in [3.05, 3.63) is 69.7 Å². The van der Waals surface area contributed by atoms with Crippen molar-refractivity contribution < 1.29 is 14.4 Å². The van der Waals surface area contributed by atoms with Crippen molar-refractivity contribution in [3.8, 4) is 0 Å². The molecular formula is C20H20Cl2N2O3. The van der Waals surface area contributed by atoms with Gasteiger partial charge in [-0.1, -0.05) is 64.8 Å². The van der Waals surface area contributed by atoms with Crippen molar-refractivity contribution in [3.63, 3.8) is 0 Å². The van der Waals surface area contributed by atoms with Crippen LogP contribution in [0.25, 0.3) is 0 Å². The Morgan fingerprint density at radius 3 is 2.70 bits per heavy atom. The van der Waals surface area contributed by atoms with Crippen LogP contribution in [-0.4, -0.2) is 42.9 Å². The Morgan fingerprint density at radius 2 is 2.00 bits per heavy atom. The SMILES string of the molecule is COCC(=O)N(Cc1ccccc1)CC1CC(c2ccc(Cl)c(Cl)c2)=NO1. The molecule has 0 saturated carbocycles. The van der Waals surface area contributed by atoms with Crippen molar-refractivity contribution in [1.29, 1.82) is 0 Å². The van der Waals surface area contributed by atoms with Gasteiger partial charge in [-0.15, -0.1) is 0 Å². The van der Waals surface area contributed by atoms with Gasteiger partial charge in [-0.25, -0.2) is 0 Å². The van der Waals surface area contributed by atoms with E-state index in [0.29, 0.717) is 29.6 Å². The predicted octanol–water partition coefficient (Wildman–Crippen LogP) is 4.16. The van der Waals surface area contributed by atoms with Gasteiger partial charge in [-0.3, -0.25) is 4.79 Å². The van der Waals surface area contributed by atoms with E-state index in [1.807, 2.05) is 36.4 Å². The number of carbonyl (C=O) groups excluding carboxylic acids is 1. The third-order valence-corrected chi connectivity index (χ3v) is 4.99. The van der Waals surface area contributed by atoms with Gasteiger partial charge in [-0.05, 0) is 17.7 Å². The van der Waals surface area contributed by atoms with E-state index in [0.717, 1.165) is 16.8 Å². The number of hydrogen-bond donors (Lipinski definition) is 0. The number of amides is 1. The Balaban J connectivity index is 1.66. The first-order valence-corrected chi connectivity index (χ1v) is 9.31. The van der Waals surface area contributed by atoms with Gasteiger partial charge >= 0.3 is 0 Å².